The normalized spacial score (nSPS) is 12.2. The van der Waals surface area contributed by atoms with E-state index in [9.17, 15) is 4.79 Å². The molecule has 182 valence electrons. The Morgan fingerprint density at radius 2 is 1.78 bits per heavy atom. The third kappa shape index (κ3) is 4.15. The number of rotatable bonds is 5. The van der Waals surface area contributed by atoms with Crippen molar-refractivity contribution in [2.75, 3.05) is 0 Å². The average molecular weight is 507 g/mol. The number of hydrogen-bond donors (Lipinski definition) is 0. The van der Waals surface area contributed by atoms with Crippen LogP contribution in [0.3, 0.4) is 0 Å². The van der Waals surface area contributed by atoms with E-state index in [1.807, 2.05) is 103 Å². The molecule has 2 aromatic carbocycles. The fourth-order valence-corrected chi connectivity index (χ4v) is 4.94. The second-order valence-electron chi connectivity index (χ2n) is 8.38. The molecule has 0 aliphatic rings. The molecule has 0 unspecified atom stereocenters. The molecule has 8 nitrogen and oxygen atoms in total. The molecule has 4 heterocycles. The maximum atomic E-state index is 13.5. The van der Waals surface area contributed by atoms with Crippen molar-refractivity contribution in [2.24, 2.45) is 17.1 Å². The zero-order valence-electron chi connectivity index (χ0n) is 20.1. The summed E-state index contributed by atoms with van der Waals surface area (Å²) >= 11 is 1.38. The van der Waals surface area contributed by atoms with Crippen molar-refractivity contribution in [3.8, 4) is 17.1 Å². The lowest BCUT2D eigenvalue weighted by Crippen LogP contribution is -2.19. The van der Waals surface area contributed by atoms with E-state index < -0.39 is 0 Å². The second-order valence-corrected chi connectivity index (χ2v) is 9.22. The van der Waals surface area contributed by atoms with Gasteiger partial charge in [-0.3, -0.25) is 14.5 Å². The molecule has 37 heavy (non-hydrogen) atoms. The minimum absolute atomic E-state index is 0.204. The van der Waals surface area contributed by atoms with Crippen LogP contribution in [-0.2, 0) is 7.05 Å². The molecule has 0 aliphatic carbocycles. The highest BCUT2D eigenvalue weighted by molar-refractivity contribution is 7.07. The lowest BCUT2D eigenvalue weighted by molar-refractivity contribution is 0.622. The fraction of sp³-hybridized carbons (Fsp3) is 0.0714. The van der Waals surface area contributed by atoms with Gasteiger partial charge in [-0.2, -0.15) is 5.10 Å². The van der Waals surface area contributed by atoms with Crippen molar-refractivity contribution in [1.82, 2.24) is 19.0 Å². The van der Waals surface area contributed by atoms with Gasteiger partial charge in [-0.1, -0.05) is 42.5 Å². The van der Waals surface area contributed by atoms with Crippen molar-refractivity contribution in [3.63, 3.8) is 0 Å². The number of nitrogens with zero attached hydrogens (tertiary/aromatic N) is 6. The highest BCUT2D eigenvalue weighted by atomic mass is 32.1. The first kappa shape index (κ1) is 22.7. The van der Waals surface area contributed by atoms with Crippen LogP contribution in [0.1, 0.15) is 11.4 Å². The Morgan fingerprint density at radius 1 is 1.00 bits per heavy atom. The summed E-state index contributed by atoms with van der Waals surface area (Å²) < 4.78 is 11.2. The number of aromatic nitrogens is 4. The molecule has 0 bridgehead atoms. The fourth-order valence-electron chi connectivity index (χ4n) is 4.12. The van der Waals surface area contributed by atoms with E-state index in [0.717, 1.165) is 28.0 Å². The molecule has 0 saturated heterocycles. The van der Waals surface area contributed by atoms with E-state index in [-0.39, 0.29) is 5.56 Å². The Bertz CT molecular complexity index is 1840. The van der Waals surface area contributed by atoms with E-state index in [0.29, 0.717) is 21.9 Å². The molecule has 0 N–H and O–H groups in total. The van der Waals surface area contributed by atoms with Crippen LogP contribution in [0.25, 0.3) is 28.1 Å². The number of thiazole rings is 1. The van der Waals surface area contributed by atoms with Gasteiger partial charge >= 0.3 is 0 Å². The first-order valence-electron chi connectivity index (χ1n) is 11.6. The number of para-hydroxylation sites is 2. The highest BCUT2D eigenvalue weighted by Crippen LogP contribution is 2.28. The topological polar surface area (TPSA) is 82.6 Å². The number of hydrogen-bond acceptors (Lipinski definition) is 6. The molecular weight excluding hydrogens is 484 g/mol. The van der Waals surface area contributed by atoms with Crippen molar-refractivity contribution >= 4 is 34.2 Å². The molecule has 0 radical (unpaired) electrons. The van der Waals surface area contributed by atoms with E-state index in [1.54, 1.807) is 21.8 Å². The maximum Gasteiger partial charge on any atom is 0.297 e. The number of fused-ring (bicyclic) bond motifs is 1. The molecule has 0 saturated carbocycles. The molecule has 6 rings (SSSR count). The van der Waals surface area contributed by atoms with E-state index in [4.69, 9.17) is 14.5 Å². The van der Waals surface area contributed by atoms with Crippen LogP contribution in [0.2, 0.25) is 0 Å². The quantitative estimate of drug-likeness (QED) is 0.299. The molecule has 0 fully saturated rings. The number of furan rings is 1. The van der Waals surface area contributed by atoms with Crippen molar-refractivity contribution < 1.29 is 4.42 Å². The van der Waals surface area contributed by atoms with Crippen molar-refractivity contribution in [3.05, 3.63) is 117 Å². The smallest absolute Gasteiger partial charge is 0.297 e. The lowest BCUT2D eigenvalue weighted by Gasteiger charge is -2.07. The van der Waals surface area contributed by atoms with Crippen LogP contribution in [0.4, 0.5) is 5.69 Å². The van der Waals surface area contributed by atoms with Crippen LogP contribution in [0.5, 0.6) is 0 Å². The van der Waals surface area contributed by atoms with Gasteiger partial charge in [0.05, 0.1) is 23.3 Å². The van der Waals surface area contributed by atoms with Gasteiger partial charge < -0.3 is 4.42 Å². The zero-order valence-corrected chi connectivity index (χ0v) is 21.0. The zero-order chi connectivity index (χ0) is 25.4. The maximum absolute atomic E-state index is 13.5. The summed E-state index contributed by atoms with van der Waals surface area (Å²) in [6.07, 6.45) is 3.38. The largest absolute Gasteiger partial charge is 0.454 e. The van der Waals surface area contributed by atoms with E-state index in [2.05, 4.69) is 4.98 Å². The third-order valence-electron chi connectivity index (χ3n) is 6.09. The van der Waals surface area contributed by atoms with E-state index in [1.165, 1.54) is 11.3 Å². The van der Waals surface area contributed by atoms with Crippen LogP contribution < -0.4 is 10.4 Å². The minimum Gasteiger partial charge on any atom is -0.454 e. The first-order chi connectivity index (χ1) is 18.1. The molecule has 9 heteroatoms. The summed E-state index contributed by atoms with van der Waals surface area (Å²) in [5.41, 5.74) is 3.88. The number of benzene rings is 2. The Balaban J connectivity index is 1.54. The first-order valence-corrected chi connectivity index (χ1v) is 12.5. The van der Waals surface area contributed by atoms with Crippen molar-refractivity contribution in [1.29, 1.82) is 0 Å². The van der Waals surface area contributed by atoms with Gasteiger partial charge in [-0.15, -0.1) is 11.3 Å². The molecule has 6 aromatic rings. The van der Waals surface area contributed by atoms with Gasteiger partial charge in [0.15, 0.2) is 11.4 Å². The number of pyridine rings is 1. The van der Waals surface area contributed by atoms with Crippen LogP contribution in [0, 0.1) is 6.92 Å². The van der Waals surface area contributed by atoms with E-state index >= 15 is 0 Å². The Morgan fingerprint density at radius 3 is 2.57 bits per heavy atom. The van der Waals surface area contributed by atoms with Gasteiger partial charge in [0.2, 0.25) is 4.80 Å². The average Bonchev–Trinajstić information content (AvgIpc) is 3.60. The second kappa shape index (κ2) is 9.36. The summed E-state index contributed by atoms with van der Waals surface area (Å²) in [6, 6.07) is 25.0. The molecule has 0 amide bonds. The predicted octanol–water partition coefficient (Wildman–Crippen LogP) is 5.27. The Kier molecular flexibility index (Phi) is 5.74. The summed E-state index contributed by atoms with van der Waals surface area (Å²) in [5.74, 6) is 0.656. The minimum atomic E-state index is -0.204. The lowest BCUT2D eigenvalue weighted by atomic mass is 10.2. The van der Waals surface area contributed by atoms with Crippen molar-refractivity contribution in [2.45, 2.75) is 6.92 Å². The summed E-state index contributed by atoms with van der Waals surface area (Å²) in [7, 11) is 1.85. The van der Waals surface area contributed by atoms with Gasteiger partial charge in [0, 0.05) is 24.0 Å². The predicted molar refractivity (Wildman–Crippen MR) is 146 cm³/mol. The van der Waals surface area contributed by atoms with Crippen LogP contribution in [0.15, 0.2) is 110 Å². The SMILES string of the molecule is Cc1c(N=c2scc(-c3cc4ccccc4o3)n2N=Cc2ccccn2)c(=O)n(-c2ccccc2)n1C. The molecular formula is C28H22N6O2S. The van der Waals surface area contributed by atoms with Gasteiger partial charge in [-0.25, -0.2) is 14.4 Å². The molecule has 0 aliphatic heterocycles. The molecule has 0 spiro atoms. The monoisotopic (exact) mass is 506 g/mol. The summed E-state index contributed by atoms with van der Waals surface area (Å²) in [6.45, 7) is 1.88. The Labute approximate surface area is 215 Å². The third-order valence-corrected chi connectivity index (χ3v) is 6.90. The van der Waals surface area contributed by atoms with Gasteiger partial charge in [0.25, 0.3) is 5.56 Å². The summed E-state index contributed by atoms with van der Waals surface area (Å²) in [5, 5.41) is 7.62. The standard InChI is InChI=1S/C28H22N6O2S/c1-19-26(27(35)34(32(19)2)22-12-4-3-5-13-22)31-28-33(30-17-21-11-8-9-15-29-21)23(18-37-28)25-16-20-10-6-7-14-24(20)36-25/h3-18H,1-2H3. The highest BCUT2D eigenvalue weighted by Gasteiger charge is 2.18. The molecule has 4 aromatic heterocycles. The Hall–Kier alpha value is -4.76. The van der Waals surface area contributed by atoms with Crippen LogP contribution >= 0.6 is 11.3 Å². The van der Waals surface area contributed by atoms with Gasteiger partial charge in [0.1, 0.15) is 11.3 Å². The van der Waals surface area contributed by atoms with Gasteiger partial charge in [-0.05, 0) is 43.3 Å². The molecule has 0 atom stereocenters. The van der Waals surface area contributed by atoms with Crippen LogP contribution in [-0.4, -0.2) is 25.2 Å². The summed E-state index contributed by atoms with van der Waals surface area (Å²) in [4.78, 5) is 23.2.